The third-order valence-electron chi connectivity index (χ3n) is 4.40. The summed E-state index contributed by atoms with van der Waals surface area (Å²) >= 11 is 0. The molecule has 2 aliphatic rings. The van der Waals surface area contributed by atoms with Gasteiger partial charge < -0.3 is 10.1 Å². The average Bonchev–Trinajstić information content (AvgIpc) is 2.79. The van der Waals surface area contributed by atoms with Crippen LogP contribution < -0.4 is 10.1 Å². The van der Waals surface area contributed by atoms with Crippen molar-refractivity contribution in [2.24, 2.45) is 0 Å². The molecule has 1 aliphatic carbocycles. The average molecular weight is 309 g/mol. The Morgan fingerprint density at radius 2 is 2.19 bits per heavy atom. The molecular weight excluding hydrogens is 286 g/mol. The third kappa shape index (κ3) is 3.24. The van der Waals surface area contributed by atoms with Gasteiger partial charge in [0.25, 0.3) is 0 Å². The molecule has 0 saturated carbocycles. The fourth-order valence-corrected chi connectivity index (χ4v) is 5.01. The smallest absolute Gasteiger partial charge is 0.154 e. The van der Waals surface area contributed by atoms with Gasteiger partial charge in [0.1, 0.15) is 11.9 Å². The Bertz CT molecular complexity index is 612. The van der Waals surface area contributed by atoms with Gasteiger partial charge in [0, 0.05) is 6.04 Å². The van der Waals surface area contributed by atoms with Crippen LogP contribution in [0.25, 0.3) is 0 Å². The molecule has 1 heterocycles. The molecule has 0 aromatic heterocycles. The Kier molecular flexibility index (Phi) is 4.22. The molecule has 2 atom stereocenters. The quantitative estimate of drug-likeness (QED) is 0.927. The number of hydrogen-bond donors (Lipinski definition) is 1. The zero-order chi connectivity index (χ0) is 14.9. The van der Waals surface area contributed by atoms with E-state index in [-0.39, 0.29) is 17.6 Å². The molecule has 1 N–H and O–H groups in total. The first-order valence-electron chi connectivity index (χ1n) is 7.81. The molecule has 0 radical (unpaired) electrons. The van der Waals surface area contributed by atoms with E-state index < -0.39 is 9.84 Å². The standard InChI is InChI=1S/C16H23NO3S/c1-2-17-15-7-3-6-14-13(15)5-4-8-16(14)20-12-9-10-21(18,19)11-12/h4-5,8,12,15,17H,2-3,6-7,9-11H2,1H3. The maximum absolute atomic E-state index is 11.6. The molecule has 1 aromatic carbocycles. The third-order valence-corrected chi connectivity index (χ3v) is 6.14. The van der Waals surface area contributed by atoms with Crippen LogP contribution >= 0.6 is 0 Å². The van der Waals surface area contributed by atoms with Crippen molar-refractivity contribution in [1.82, 2.24) is 5.32 Å². The second-order valence-electron chi connectivity index (χ2n) is 5.97. The Morgan fingerprint density at radius 1 is 1.33 bits per heavy atom. The zero-order valence-corrected chi connectivity index (χ0v) is 13.3. The van der Waals surface area contributed by atoms with Crippen LogP contribution in [0.15, 0.2) is 18.2 Å². The van der Waals surface area contributed by atoms with Crippen molar-refractivity contribution in [3.8, 4) is 5.75 Å². The minimum Gasteiger partial charge on any atom is -0.489 e. The Morgan fingerprint density at radius 3 is 2.90 bits per heavy atom. The van der Waals surface area contributed by atoms with E-state index in [0.717, 1.165) is 31.6 Å². The number of rotatable bonds is 4. The molecule has 116 valence electrons. The van der Waals surface area contributed by atoms with Crippen molar-refractivity contribution in [3.05, 3.63) is 29.3 Å². The SMILES string of the molecule is CCNC1CCCc2c(OC3CCS(=O)(=O)C3)cccc21. The number of ether oxygens (including phenoxy) is 1. The van der Waals surface area contributed by atoms with Crippen LogP contribution in [0.1, 0.15) is 43.4 Å². The van der Waals surface area contributed by atoms with Gasteiger partial charge in [-0.15, -0.1) is 0 Å². The highest BCUT2D eigenvalue weighted by molar-refractivity contribution is 7.91. The number of fused-ring (bicyclic) bond motifs is 1. The normalized spacial score (nSPS) is 27.3. The van der Waals surface area contributed by atoms with Crippen LogP contribution in [0, 0.1) is 0 Å². The Balaban J connectivity index is 1.82. The van der Waals surface area contributed by atoms with E-state index in [0.29, 0.717) is 12.5 Å². The summed E-state index contributed by atoms with van der Waals surface area (Å²) in [5.74, 6) is 1.30. The zero-order valence-electron chi connectivity index (χ0n) is 12.5. The highest BCUT2D eigenvalue weighted by Crippen LogP contribution is 2.36. The van der Waals surface area contributed by atoms with Gasteiger partial charge in [0.15, 0.2) is 9.84 Å². The fourth-order valence-electron chi connectivity index (χ4n) is 3.42. The van der Waals surface area contributed by atoms with E-state index in [1.54, 1.807) is 0 Å². The summed E-state index contributed by atoms with van der Waals surface area (Å²) in [4.78, 5) is 0. The van der Waals surface area contributed by atoms with Crippen molar-refractivity contribution in [2.45, 2.75) is 44.8 Å². The minimum absolute atomic E-state index is 0.160. The molecule has 0 bridgehead atoms. The minimum atomic E-state index is -2.89. The molecule has 2 unspecified atom stereocenters. The van der Waals surface area contributed by atoms with E-state index in [9.17, 15) is 8.42 Å². The summed E-state index contributed by atoms with van der Waals surface area (Å²) in [6.45, 7) is 3.08. The summed E-state index contributed by atoms with van der Waals surface area (Å²) in [5, 5.41) is 3.52. The van der Waals surface area contributed by atoms with Crippen molar-refractivity contribution in [1.29, 1.82) is 0 Å². The lowest BCUT2D eigenvalue weighted by Gasteiger charge is -2.28. The molecule has 1 aromatic rings. The molecular formula is C16H23NO3S. The molecule has 0 spiro atoms. The van der Waals surface area contributed by atoms with Crippen molar-refractivity contribution in [3.63, 3.8) is 0 Å². The highest BCUT2D eigenvalue weighted by atomic mass is 32.2. The van der Waals surface area contributed by atoms with Crippen molar-refractivity contribution in [2.75, 3.05) is 18.1 Å². The maximum Gasteiger partial charge on any atom is 0.154 e. The predicted molar refractivity (Wildman–Crippen MR) is 83.5 cm³/mol. The van der Waals surface area contributed by atoms with Crippen LogP contribution in [0.5, 0.6) is 5.75 Å². The largest absolute Gasteiger partial charge is 0.489 e. The number of nitrogens with one attached hydrogen (secondary N) is 1. The van der Waals surface area contributed by atoms with Gasteiger partial charge in [0.05, 0.1) is 11.5 Å². The second kappa shape index (κ2) is 5.97. The lowest BCUT2D eigenvalue weighted by Crippen LogP contribution is -2.26. The molecule has 0 amide bonds. The summed E-state index contributed by atoms with van der Waals surface area (Å²) in [5.41, 5.74) is 2.58. The van der Waals surface area contributed by atoms with Crippen LogP contribution in [0.2, 0.25) is 0 Å². The maximum atomic E-state index is 11.6. The van der Waals surface area contributed by atoms with E-state index in [2.05, 4.69) is 18.3 Å². The monoisotopic (exact) mass is 309 g/mol. The lowest BCUT2D eigenvalue weighted by atomic mass is 9.87. The first kappa shape index (κ1) is 14.9. The van der Waals surface area contributed by atoms with Gasteiger partial charge in [-0.3, -0.25) is 0 Å². The van der Waals surface area contributed by atoms with Crippen LogP contribution in [0.3, 0.4) is 0 Å². The topological polar surface area (TPSA) is 55.4 Å². The van der Waals surface area contributed by atoms with Crippen molar-refractivity contribution >= 4 is 9.84 Å². The van der Waals surface area contributed by atoms with Crippen LogP contribution in [0.4, 0.5) is 0 Å². The first-order chi connectivity index (χ1) is 10.1. The molecule has 5 heteroatoms. The predicted octanol–water partition coefficient (Wildman–Crippen LogP) is 2.24. The first-order valence-corrected chi connectivity index (χ1v) is 9.63. The number of hydrogen-bond acceptors (Lipinski definition) is 4. The highest BCUT2D eigenvalue weighted by Gasteiger charge is 2.30. The van der Waals surface area contributed by atoms with E-state index in [1.165, 1.54) is 11.1 Å². The Labute approximate surface area is 126 Å². The molecule has 1 aliphatic heterocycles. The van der Waals surface area contributed by atoms with Gasteiger partial charge in [0.2, 0.25) is 0 Å². The van der Waals surface area contributed by atoms with Crippen LogP contribution in [-0.4, -0.2) is 32.6 Å². The Hall–Kier alpha value is -1.07. The molecule has 3 rings (SSSR count). The van der Waals surface area contributed by atoms with Gasteiger partial charge in [-0.05, 0) is 49.4 Å². The van der Waals surface area contributed by atoms with E-state index >= 15 is 0 Å². The van der Waals surface area contributed by atoms with E-state index in [1.807, 2.05) is 12.1 Å². The van der Waals surface area contributed by atoms with Crippen LogP contribution in [-0.2, 0) is 16.3 Å². The summed E-state index contributed by atoms with van der Waals surface area (Å²) < 4.78 is 29.2. The fraction of sp³-hybridized carbons (Fsp3) is 0.625. The summed E-state index contributed by atoms with van der Waals surface area (Å²) in [7, 11) is -2.89. The summed E-state index contributed by atoms with van der Waals surface area (Å²) in [6, 6.07) is 6.57. The summed E-state index contributed by atoms with van der Waals surface area (Å²) in [6.07, 6.45) is 3.76. The van der Waals surface area contributed by atoms with Gasteiger partial charge >= 0.3 is 0 Å². The lowest BCUT2D eigenvalue weighted by molar-refractivity contribution is 0.225. The van der Waals surface area contributed by atoms with Gasteiger partial charge in [-0.1, -0.05) is 19.1 Å². The molecule has 4 nitrogen and oxygen atoms in total. The molecule has 21 heavy (non-hydrogen) atoms. The number of benzene rings is 1. The molecule has 1 fully saturated rings. The van der Waals surface area contributed by atoms with Gasteiger partial charge in [-0.25, -0.2) is 8.42 Å². The van der Waals surface area contributed by atoms with E-state index in [4.69, 9.17) is 4.74 Å². The number of sulfone groups is 1. The second-order valence-corrected chi connectivity index (χ2v) is 8.20. The molecule has 1 saturated heterocycles. The van der Waals surface area contributed by atoms with Gasteiger partial charge in [-0.2, -0.15) is 0 Å². The van der Waals surface area contributed by atoms with Crippen molar-refractivity contribution < 1.29 is 13.2 Å².